The molecule has 1 atom stereocenters. The number of benzene rings is 3. The van der Waals surface area contributed by atoms with Gasteiger partial charge in [-0.15, -0.1) is 11.8 Å². The van der Waals surface area contributed by atoms with E-state index in [2.05, 4.69) is 15.8 Å². The largest absolute Gasteiger partial charge is 0.484 e. The van der Waals surface area contributed by atoms with Crippen LogP contribution in [0.4, 0.5) is 5.69 Å². The van der Waals surface area contributed by atoms with Crippen molar-refractivity contribution in [1.82, 2.24) is 5.43 Å². The zero-order valence-electron chi connectivity index (χ0n) is 18.0. The number of nitrogens with zero attached hydrogens (tertiary/aromatic N) is 1. The summed E-state index contributed by atoms with van der Waals surface area (Å²) in [4.78, 5) is 24.2. The quantitative estimate of drug-likeness (QED) is 0.311. The molecule has 0 saturated heterocycles. The molecule has 0 saturated carbocycles. The first-order valence-corrected chi connectivity index (χ1v) is 11.7. The average molecular weight is 482 g/mol. The Labute approximate surface area is 202 Å². The number of anilines is 1. The van der Waals surface area contributed by atoms with Crippen LogP contribution in [0.3, 0.4) is 0 Å². The Hall–Kier alpha value is -3.29. The van der Waals surface area contributed by atoms with Crippen molar-refractivity contribution in [3.8, 4) is 5.75 Å². The van der Waals surface area contributed by atoms with Crippen LogP contribution in [0.1, 0.15) is 18.1 Å². The number of carbonyl (C=O) groups excluding carboxylic acids is 2. The lowest BCUT2D eigenvalue weighted by Crippen LogP contribution is -2.26. The van der Waals surface area contributed by atoms with Gasteiger partial charge < -0.3 is 10.1 Å². The molecular formula is C25H24ClN3O3S. The van der Waals surface area contributed by atoms with Gasteiger partial charge >= 0.3 is 0 Å². The van der Waals surface area contributed by atoms with E-state index in [-0.39, 0.29) is 23.7 Å². The number of hydrogen-bond acceptors (Lipinski definition) is 5. The maximum Gasteiger partial charge on any atom is 0.262 e. The van der Waals surface area contributed by atoms with Crippen molar-refractivity contribution in [2.45, 2.75) is 17.9 Å². The Morgan fingerprint density at radius 1 is 1.06 bits per heavy atom. The van der Waals surface area contributed by atoms with Crippen LogP contribution in [-0.4, -0.2) is 29.9 Å². The number of amides is 2. The lowest BCUT2D eigenvalue weighted by atomic mass is 10.2. The number of ether oxygens (including phenoxy) is 1. The summed E-state index contributed by atoms with van der Waals surface area (Å²) in [7, 11) is 0. The van der Waals surface area contributed by atoms with E-state index in [4.69, 9.17) is 16.3 Å². The third-order valence-corrected chi connectivity index (χ3v) is 5.91. The number of halogens is 1. The van der Waals surface area contributed by atoms with E-state index in [1.165, 1.54) is 5.56 Å². The van der Waals surface area contributed by atoms with Gasteiger partial charge in [-0.3, -0.25) is 9.59 Å². The number of hydrogen-bond donors (Lipinski definition) is 2. The predicted molar refractivity (Wildman–Crippen MR) is 135 cm³/mol. The van der Waals surface area contributed by atoms with Crippen LogP contribution < -0.4 is 15.5 Å². The summed E-state index contributed by atoms with van der Waals surface area (Å²) in [6.45, 7) is 1.72. The fourth-order valence-corrected chi connectivity index (χ4v) is 3.72. The fraction of sp³-hybridized carbons (Fsp3) is 0.160. The Morgan fingerprint density at radius 3 is 2.55 bits per heavy atom. The second kappa shape index (κ2) is 12.7. The molecule has 2 N–H and O–H groups in total. The third-order valence-electron chi connectivity index (χ3n) is 4.46. The van der Waals surface area contributed by atoms with Crippen LogP contribution >= 0.6 is 23.4 Å². The van der Waals surface area contributed by atoms with Crippen molar-refractivity contribution in [1.29, 1.82) is 0 Å². The fourth-order valence-electron chi connectivity index (χ4n) is 2.69. The normalized spacial score (nSPS) is 11.7. The summed E-state index contributed by atoms with van der Waals surface area (Å²) in [5.41, 5.74) is 5.14. The van der Waals surface area contributed by atoms with Crippen LogP contribution in [-0.2, 0) is 15.3 Å². The number of rotatable bonds is 10. The molecule has 0 unspecified atom stereocenters. The highest BCUT2D eigenvalue weighted by Crippen LogP contribution is 2.18. The molecule has 3 aromatic carbocycles. The molecular weight excluding hydrogens is 458 g/mol. The first-order chi connectivity index (χ1) is 16.0. The SMILES string of the molecule is C[C@@H](SCc1ccccc1)C(=O)N/N=C\c1ccc(OCC(=O)Nc2cccc(Cl)c2)cc1. The second-order valence-electron chi connectivity index (χ2n) is 7.09. The van der Waals surface area contributed by atoms with Gasteiger partial charge in [0, 0.05) is 16.5 Å². The predicted octanol–water partition coefficient (Wildman–Crippen LogP) is 5.13. The number of nitrogens with one attached hydrogen (secondary N) is 2. The highest BCUT2D eigenvalue weighted by molar-refractivity contribution is 7.99. The van der Waals surface area contributed by atoms with Gasteiger partial charge in [0.05, 0.1) is 11.5 Å². The monoisotopic (exact) mass is 481 g/mol. The molecule has 0 bridgehead atoms. The average Bonchev–Trinajstić information content (AvgIpc) is 2.82. The van der Waals surface area contributed by atoms with Gasteiger partial charge in [-0.1, -0.05) is 48.0 Å². The molecule has 2 amide bonds. The van der Waals surface area contributed by atoms with E-state index >= 15 is 0 Å². The molecule has 0 aliphatic rings. The minimum absolute atomic E-state index is 0.130. The second-order valence-corrected chi connectivity index (χ2v) is 8.85. The number of carbonyl (C=O) groups is 2. The maximum absolute atomic E-state index is 12.2. The van der Waals surface area contributed by atoms with Gasteiger partial charge in [0.25, 0.3) is 11.8 Å². The molecule has 8 heteroatoms. The number of hydrazone groups is 1. The summed E-state index contributed by atoms with van der Waals surface area (Å²) >= 11 is 7.46. The molecule has 3 aromatic rings. The van der Waals surface area contributed by atoms with Gasteiger partial charge in [0.1, 0.15) is 5.75 Å². The zero-order valence-corrected chi connectivity index (χ0v) is 19.6. The molecule has 170 valence electrons. The molecule has 3 rings (SSSR count). The summed E-state index contributed by atoms with van der Waals surface area (Å²) in [6, 6.07) is 23.9. The molecule has 0 aliphatic heterocycles. The Balaban J connectivity index is 1.39. The molecule has 0 heterocycles. The molecule has 6 nitrogen and oxygen atoms in total. The topological polar surface area (TPSA) is 79.8 Å². The van der Waals surface area contributed by atoms with E-state index in [1.807, 2.05) is 37.3 Å². The standard InChI is InChI=1S/C25H24ClN3O3S/c1-18(33-17-20-6-3-2-4-7-20)25(31)29-27-15-19-10-12-23(13-11-19)32-16-24(30)28-22-9-5-8-21(26)14-22/h2-15,18H,16-17H2,1H3,(H,28,30)(H,29,31)/b27-15-/t18-/m1/s1. The van der Waals surface area contributed by atoms with Gasteiger partial charge in [-0.25, -0.2) is 5.43 Å². The Morgan fingerprint density at radius 2 is 1.82 bits per heavy atom. The van der Waals surface area contributed by atoms with Gasteiger partial charge in [-0.2, -0.15) is 5.10 Å². The maximum atomic E-state index is 12.2. The first-order valence-electron chi connectivity index (χ1n) is 10.3. The summed E-state index contributed by atoms with van der Waals surface area (Å²) in [5, 5.41) is 7.06. The highest BCUT2D eigenvalue weighted by Gasteiger charge is 2.12. The minimum atomic E-state index is -0.287. The molecule has 0 aromatic heterocycles. The van der Waals surface area contributed by atoms with E-state index in [0.717, 1.165) is 11.3 Å². The zero-order chi connectivity index (χ0) is 23.5. The molecule has 0 fully saturated rings. The van der Waals surface area contributed by atoms with Crippen LogP contribution in [0.25, 0.3) is 0 Å². The lowest BCUT2D eigenvalue weighted by molar-refractivity contribution is -0.120. The smallest absolute Gasteiger partial charge is 0.262 e. The first kappa shape index (κ1) is 24.4. The van der Waals surface area contributed by atoms with E-state index in [0.29, 0.717) is 16.5 Å². The summed E-state index contributed by atoms with van der Waals surface area (Å²) < 4.78 is 5.50. The van der Waals surface area contributed by atoms with Gasteiger partial charge in [0.2, 0.25) is 0 Å². The van der Waals surface area contributed by atoms with E-state index < -0.39 is 0 Å². The van der Waals surface area contributed by atoms with Crippen molar-refractivity contribution < 1.29 is 14.3 Å². The lowest BCUT2D eigenvalue weighted by Gasteiger charge is -2.09. The van der Waals surface area contributed by atoms with Crippen molar-refractivity contribution in [2.24, 2.45) is 5.10 Å². The molecule has 0 aliphatic carbocycles. The summed E-state index contributed by atoms with van der Waals surface area (Å²) in [5.74, 6) is 0.864. The van der Waals surface area contributed by atoms with Crippen molar-refractivity contribution in [2.75, 3.05) is 11.9 Å². The third kappa shape index (κ3) is 8.63. The van der Waals surface area contributed by atoms with Crippen molar-refractivity contribution >= 4 is 47.1 Å². The summed E-state index contributed by atoms with van der Waals surface area (Å²) in [6.07, 6.45) is 1.56. The van der Waals surface area contributed by atoms with Gasteiger partial charge in [-0.05, 0) is 60.5 Å². The Bertz CT molecular complexity index is 1090. The minimum Gasteiger partial charge on any atom is -0.484 e. The van der Waals surface area contributed by atoms with Crippen molar-refractivity contribution in [3.05, 3.63) is 95.0 Å². The van der Waals surface area contributed by atoms with E-state index in [9.17, 15) is 9.59 Å². The van der Waals surface area contributed by atoms with Crippen LogP contribution in [0.5, 0.6) is 5.75 Å². The van der Waals surface area contributed by atoms with Crippen LogP contribution in [0.15, 0.2) is 84.0 Å². The molecule has 0 spiro atoms. The Kier molecular flexibility index (Phi) is 9.35. The highest BCUT2D eigenvalue weighted by atomic mass is 35.5. The molecule has 0 radical (unpaired) electrons. The number of thioether (sulfide) groups is 1. The van der Waals surface area contributed by atoms with Crippen LogP contribution in [0.2, 0.25) is 5.02 Å². The van der Waals surface area contributed by atoms with E-state index in [1.54, 1.807) is 66.5 Å². The van der Waals surface area contributed by atoms with Crippen molar-refractivity contribution in [3.63, 3.8) is 0 Å². The van der Waals surface area contributed by atoms with Crippen LogP contribution in [0, 0.1) is 0 Å². The van der Waals surface area contributed by atoms with Gasteiger partial charge in [0.15, 0.2) is 6.61 Å². The molecule has 33 heavy (non-hydrogen) atoms.